The zero-order valence-corrected chi connectivity index (χ0v) is 17.0. The molecule has 0 aliphatic heterocycles. The van der Waals surface area contributed by atoms with Crippen LogP contribution in [0.5, 0.6) is 0 Å². The summed E-state index contributed by atoms with van der Waals surface area (Å²) in [5.74, 6) is 1.10. The fourth-order valence-corrected chi connectivity index (χ4v) is 4.77. The van der Waals surface area contributed by atoms with Gasteiger partial charge < -0.3 is 4.98 Å². The van der Waals surface area contributed by atoms with Crippen molar-refractivity contribution in [1.29, 1.82) is 0 Å². The summed E-state index contributed by atoms with van der Waals surface area (Å²) in [5.41, 5.74) is 4.14. The van der Waals surface area contributed by atoms with Gasteiger partial charge in [-0.25, -0.2) is 4.98 Å². The number of nitrogens with zero attached hydrogens (tertiary/aromatic N) is 5. The first-order valence-corrected chi connectivity index (χ1v) is 10.2. The number of aryl methyl sites for hydroxylation is 4. The van der Waals surface area contributed by atoms with Crippen molar-refractivity contribution in [2.45, 2.75) is 38.6 Å². The molecule has 0 aliphatic carbocycles. The molecule has 0 aliphatic rings. The van der Waals surface area contributed by atoms with Gasteiger partial charge in [-0.2, -0.15) is 4.68 Å². The minimum absolute atomic E-state index is 0.0913. The predicted octanol–water partition coefficient (Wildman–Crippen LogP) is 3.49. The van der Waals surface area contributed by atoms with E-state index in [0.717, 1.165) is 26.5 Å². The van der Waals surface area contributed by atoms with Gasteiger partial charge in [0.2, 0.25) is 5.16 Å². The number of thiophene rings is 1. The zero-order valence-electron chi connectivity index (χ0n) is 15.4. The third-order valence-corrected chi connectivity index (χ3v) is 6.48. The van der Waals surface area contributed by atoms with Gasteiger partial charge in [0.05, 0.1) is 16.8 Å². The number of thioether (sulfide) groups is 1. The molecular weight excluding hydrogens is 380 g/mol. The fourth-order valence-electron chi connectivity index (χ4n) is 2.96. The number of benzene rings is 1. The minimum atomic E-state index is -0.0913. The zero-order chi connectivity index (χ0) is 19.1. The molecule has 7 nitrogen and oxygen atoms in total. The molecule has 3 heterocycles. The van der Waals surface area contributed by atoms with Gasteiger partial charge >= 0.3 is 0 Å². The highest BCUT2D eigenvalue weighted by Crippen LogP contribution is 2.27. The Morgan fingerprint density at radius 2 is 2.04 bits per heavy atom. The van der Waals surface area contributed by atoms with Crippen molar-refractivity contribution < 1.29 is 0 Å². The van der Waals surface area contributed by atoms with E-state index in [-0.39, 0.29) is 5.56 Å². The summed E-state index contributed by atoms with van der Waals surface area (Å²) in [6, 6.07) is 6.14. The molecule has 0 saturated carbocycles. The smallest absolute Gasteiger partial charge is 0.259 e. The van der Waals surface area contributed by atoms with E-state index in [9.17, 15) is 4.79 Å². The summed E-state index contributed by atoms with van der Waals surface area (Å²) in [7, 11) is 0. The average Bonchev–Trinajstić information content (AvgIpc) is 3.18. The number of H-pyrrole nitrogens is 1. The molecule has 4 rings (SSSR count). The molecule has 0 radical (unpaired) electrons. The van der Waals surface area contributed by atoms with Crippen molar-refractivity contribution in [2.24, 2.45) is 0 Å². The lowest BCUT2D eigenvalue weighted by molar-refractivity contribution is 0.751. The summed E-state index contributed by atoms with van der Waals surface area (Å²) < 4.78 is 1.72. The Balaban J connectivity index is 1.63. The quantitative estimate of drug-likeness (QED) is 0.529. The predicted molar refractivity (Wildman–Crippen MR) is 108 cm³/mol. The average molecular weight is 399 g/mol. The first kappa shape index (κ1) is 17.9. The maximum Gasteiger partial charge on any atom is 0.259 e. The van der Waals surface area contributed by atoms with Gasteiger partial charge in [0, 0.05) is 4.88 Å². The number of aromatic amines is 1. The van der Waals surface area contributed by atoms with Crippen molar-refractivity contribution in [2.75, 3.05) is 0 Å². The summed E-state index contributed by atoms with van der Waals surface area (Å²) >= 11 is 2.99. The largest absolute Gasteiger partial charge is 0.309 e. The highest BCUT2D eigenvalue weighted by Gasteiger charge is 2.15. The van der Waals surface area contributed by atoms with Crippen molar-refractivity contribution in [3.8, 4) is 5.69 Å². The first-order valence-electron chi connectivity index (χ1n) is 8.41. The van der Waals surface area contributed by atoms with Gasteiger partial charge in [-0.3, -0.25) is 4.79 Å². The number of fused-ring (bicyclic) bond motifs is 1. The standard InChI is InChI=1S/C18H18N6OS2/c1-9-5-6-13(10(2)7-9)24-18(21-22-23-24)26-8-14-19-16(25)15-11(3)12(4)27-17(15)20-14/h5-7H,8H2,1-4H3,(H,19,20,25). The Hall–Kier alpha value is -2.52. The molecule has 138 valence electrons. The van der Waals surface area contributed by atoms with E-state index in [4.69, 9.17) is 0 Å². The van der Waals surface area contributed by atoms with Crippen LogP contribution in [-0.4, -0.2) is 30.2 Å². The van der Waals surface area contributed by atoms with E-state index < -0.39 is 0 Å². The lowest BCUT2D eigenvalue weighted by atomic mass is 10.1. The Bertz CT molecular complexity index is 1210. The second-order valence-corrected chi connectivity index (χ2v) is 8.57. The van der Waals surface area contributed by atoms with E-state index in [0.29, 0.717) is 22.1 Å². The molecule has 0 amide bonds. The maximum absolute atomic E-state index is 12.4. The van der Waals surface area contributed by atoms with E-state index >= 15 is 0 Å². The molecule has 1 aromatic carbocycles. The molecule has 0 spiro atoms. The SMILES string of the molecule is Cc1ccc(-n2nnnc2SCc2nc3sc(C)c(C)c3c(=O)[nH]2)c(C)c1. The molecule has 0 bridgehead atoms. The van der Waals surface area contributed by atoms with E-state index in [2.05, 4.69) is 38.5 Å². The highest BCUT2D eigenvalue weighted by molar-refractivity contribution is 7.98. The second kappa shape index (κ2) is 6.90. The number of nitrogens with one attached hydrogen (secondary N) is 1. The molecule has 0 unspecified atom stereocenters. The third kappa shape index (κ3) is 3.28. The number of aromatic nitrogens is 6. The molecular formula is C18H18N6OS2. The van der Waals surface area contributed by atoms with Gasteiger partial charge in [0.25, 0.3) is 5.56 Å². The summed E-state index contributed by atoms with van der Waals surface area (Å²) in [6.45, 7) is 8.05. The van der Waals surface area contributed by atoms with E-state index in [1.165, 1.54) is 17.3 Å². The fraction of sp³-hybridized carbons (Fsp3) is 0.278. The van der Waals surface area contributed by atoms with Crippen LogP contribution in [0.4, 0.5) is 0 Å². The van der Waals surface area contributed by atoms with E-state index in [1.807, 2.05) is 32.9 Å². The van der Waals surface area contributed by atoms with Crippen LogP contribution in [0.3, 0.4) is 0 Å². The van der Waals surface area contributed by atoms with Crippen LogP contribution < -0.4 is 5.56 Å². The van der Waals surface area contributed by atoms with Crippen molar-refractivity contribution in [3.63, 3.8) is 0 Å². The molecule has 4 aromatic rings. The van der Waals surface area contributed by atoms with Crippen LogP contribution in [-0.2, 0) is 5.75 Å². The van der Waals surface area contributed by atoms with Crippen molar-refractivity contribution in [3.05, 3.63) is 55.9 Å². The van der Waals surface area contributed by atoms with Crippen LogP contribution in [0.1, 0.15) is 27.4 Å². The van der Waals surface area contributed by atoms with Gasteiger partial charge in [-0.15, -0.1) is 16.4 Å². The maximum atomic E-state index is 12.4. The van der Waals surface area contributed by atoms with Crippen molar-refractivity contribution in [1.82, 2.24) is 30.2 Å². The van der Waals surface area contributed by atoms with Crippen LogP contribution in [0.2, 0.25) is 0 Å². The summed E-state index contributed by atoms with van der Waals surface area (Å²) in [5, 5.41) is 13.4. The molecule has 0 fully saturated rings. The second-order valence-electron chi connectivity index (χ2n) is 6.43. The number of rotatable bonds is 4. The monoisotopic (exact) mass is 398 g/mol. The van der Waals surface area contributed by atoms with Crippen molar-refractivity contribution >= 4 is 33.3 Å². The summed E-state index contributed by atoms with van der Waals surface area (Å²) in [4.78, 5) is 21.8. The van der Waals surface area contributed by atoms with Crippen LogP contribution in [0.15, 0.2) is 28.2 Å². The van der Waals surface area contributed by atoms with Crippen LogP contribution in [0.25, 0.3) is 15.9 Å². The summed E-state index contributed by atoms with van der Waals surface area (Å²) in [6.07, 6.45) is 0. The van der Waals surface area contributed by atoms with E-state index in [1.54, 1.807) is 16.0 Å². The van der Waals surface area contributed by atoms with Crippen LogP contribution in [0, 0.1) is 27.7 Å². The Morgan fingerprint density at radius 3 is 2.81 bits per heavy atom. The number of hydrogen-bond donors (Lipinski definition) is 1. The molecule has 27 heavy (non-hydrogen) atoms. The third-order valence-electron chi connectivity index (χ3n) is 4.45. The molecule has 9 heteroatoms. The first-order chi connectivity index (χ1) is 12.9. The normalized spacial score (nSPS) is 11.4. The Morgan fingerprint density at radius 1 is 1.22 bits per heavy atom. The molecule has 1 N–H and O–H groups in total. The Labute approximate surface area is 163 Å². The number of hydrogen-bond acceptors (Lipinski definition) is 7. The molecule has 3 aromatic heterocycles. The highest BCUT2D eigenvalue weighted by atomic mass is 32.2. The van der Waals surface area contributed by atoms with Gasteiger partial charge in [0.1, 0.15) is 10.7 Å². The topological polar surface area (TPSA) is 89.3 Å². The van der Waals surface area contributed by atoms with Gasteiger partial charge in [-0.05, 0) is 55.3 Å². The van der Waals surface area contributed by atoms with Gasteiger partial charge in [-0.1, -0.05) is 29.5 Å². The number of tetrazole rings is 1. The Kier molecular flexibility index (Phi) is 4.56. The van der Waals surface area contributed by atoms with Gasteiger partial charge in [0.15, 0.2) is 0 Å². The lowest BCUT2D eigenvalue weighted by Crippen LogP contribution is -2.11. The van der Waals surface area contributed by atoms with Crippen LogP contribution >= 0.6 is 23.1 Å². The lowest BCUT2D eigenvalue weighted by Gasteiger charge is -2.08. The molecule has 0 saturated heterocycles. The molecule has 0 atom stereocenters. The minimum Gasteiger partial charge on any atom is -0.309 e.